The summed E-state index contributed by atoms with van der Waals surface area (Å²) in [7, 11) is 2.22. The van der Waals surface area contributed by atoms with E-state index in [4.69, 9.17) is 19.7 Å². The van der Waals surface area contributed by atoms with Crippen molar-refractivity contribution in [2.75, 3.05) is 43.6 Å². The number of nitrogens with one attached hydrogen (secondary N) is 1. The molecule has 0 spiro atoms. The lowest BCUT2D eigenvalue weighted by Crippen LogP contribution is -2.45. The van der Waals surface area contributed by atoms with Gasteiger partial charge in [-0.2, -0.15) is 4.98 Å². The van der Waals surface area contributed by atoms with E-state index in [1.807, 2.05) is 24.5 Å². The van der Waals surface area contributed by atoms with Crippen LogP contribution in [0.3, 0.4) is 0 Å². The molecule has 190 valence electrons. The molecule has 0 aliphatic carbocycles. The van der Waals surface area contributed by atoms with Crippen molar-refractivity contribution >= 4 is 39.1 Å². The number of hydrogen-bond donors (Lipinski definition) is 1. The first-order chi connectivity index (χ1) is 18.1. The van der Waals surface area contributed by atoms with Crippen LogP contribution < -0.4 is 10.2 Å². The van der Waals surface area contributed by atoms with Gasteiger partial charge in [0, 0.05) is 68.8 Å². The molecule has 0 saturated carbocycles. The van der Waals surface area contributed by atoms with Crippen LogP contribution >= 0.6 is 11.3 Å². The standard InChI is InChI=1S/C27H30N8OS/c1-16-4-3-7-28-25(16)26-30-21-12-23(29-13-22(21)37-26)32-24-11-20(17-5-8-36-9-6-17)31-27(33-24)35-15-18-10-19(35)14-34(18)2/h3-4,7,11-13,17-19H,5-6,8-10,14-15H2,1-2H3,(H,29,31,32,33)/t18-,19-/m0/s1. The lowest BCUT2D eigenvalue weighted by atomic mass is 9.96. The zero-order valence-corrected chi connectivity index (χ0v) is 21.9. The Morgan fingerprint density at radius 3 is 2.70 bits per heavy atom. The number of piperazine rings is 1. The molecule has 0 radical (unpaired) electrons. The number of likely N-dealkylation sites (tertiary alicyclic amines) is 1. The van der Waals surface area contributed by atoms with Crippen LogP contribution in [0.2, 0.25) is 0 Å². The van der Waals surface area contributed by atoms with Crippen molar-refractivity contribution in [3.8, 4) is 10.7 Å². The van der Waals surface area contributed by atoms with Gasteiger partial charge in [0.25, 0.3) is 0 Å². The highest BCUT2D eigenvalue weighted by Gasteiger charge is 2.42. The summed E-state index contributed by atoms with van der Waals surface area (Å²) in [5.74, 6) is 2.73. The summed E-state index contributed by atoms with van der Waals surface area (Å²) in [6, 6.07) is 9.16. The van der Waals surface area contributed by atoms with E-state index < -0.39 is 0 Å². The molecule has 3 saturated heterocycles. The SMILES string of the molecule is Cc1cccnc1-c1nc2cc(Nc3cc(C4CCOCC4)nc(N4C[C@@H]5C[C@H]4CN5C)n3)ncc2s1. The molecule has 0 aromatic carbocycles. The van der Waals surface area contributed by atoms with E-state index in [0.717, 1.165) is 88.9 Å². The number of aromatic nitrogens is 5. The molecule has 0 unspecified atom stereocenters. The first-order valence-electron chi connectivity index (χ1n) is 13.0. The topological polar surface area (TPSA) is 92.2 Å². The highest BCUT2D eigenvalue weighted by molar-refractivity contribution is 7.21. The number of hydrogen-bond acceptors (Lipinski definition) is 10. The number of pyridine rings is 2. The Balaban J connectivity index is 1.21. The van der Waals surface area contributed by atoms with Crippen LogP contribution in [0.5, 0.6) is 0 Å². The Morgan fingerprint density at radius 2 is 1.92 bits per heavy atom. The predicted molar refractivity (Wildman–Crippen MR) is 146 cm³/mol. The summed E-state index contributed by atoms with van der Waals surface area (Å²) in [5.41, 5.74) is 4.03. The van der Waals surface area contributed by atoms with E-state index in [9.17, 15) is 0 Å². The Bertz CT molecular complexity index is 1450. The van der Waals surface area contributed by atoms with E-state index in [2.05, 4.69) is 51.2 Å². The van der Waals surface area contributed by atoms with Gasteiger partial charge in [0.2, 0.25) is 5.95 Å². The maximum atomic E-state index is 5.62. The first kappa shape index (κ1) is 22.9. The molecular formula is C27H30N8OS. The molecule has 7 rings (SSSR count). The third-order valence-electron chi connectivity index (χ3n) is 7.89. The van der Waals surface area contributed by atoms with Gasteiger partial charge in [-0.1, -0.05) is 6.07 Å². The number of rotatable bonds is 5. The van der Waals surface area contributed by atoms with Crippen molar-refractivity contribution in [2.24, 2.45) is 0 Å². The van der Waals surface area contributed by atoms with Crippen molar-refractivity contribution in [3.05, 3.63) is 47.9 Å². The van der Waals surface area contributed by atoms with Crippen molar-refractivity contribution in [1.29, 1.82) is 0 Å². The fourth-order valence-corrected chi connectivity index (χ4v) is 6.78. The van der Waals surface area contributed by atoms with Gasteiger partial charge >= 0.3 is 0 Å². The largest absolute Gasteiger partial charge is 0.381 e. The Labute approximate surface area is 220 Å². The van der Waals surface area contributed by atoms with Crippen LogP contribution in [0.1, 0.15) is 36.4 Å². The first-order valence-corrected chi connectivity index (χ1v) is 13.8. The zero-order valence-electron chi connectivity index (χ0n) is 21.1. The van der Waals surface area contributed by atoms with Crippen LogP contribution in [0.15, 0.2) is 36.7 Å². The fourth-order valence-electron chi connectivity index (χ4n) is 5.80. The number of likely N-dealkylation sites (N-methyl/N-ethyl adjacent to an activating group) is 1. The molecule has 37 heavy (non-hydrogen) atoms. The van der Waals surface area contributed by atoms with Crippen LogP contribution in [-0.2, 0) is 4.74 Å². The minimum absolute atomic E-state index is 0.386. The predicted octanol–water partition coefficient (Wildman–Crippen LogP) is 4.38. The summed E-state index contributed by atoms with van der Waals surface area (Å²) in [6.07, 6.45) is 6.86. The lowest BCUT2D eigenvalue weighted by molar-refractivity contribution is 0.0845. The molecule has 9 nitrogen and oxygen atoms in total. The van der Waals surface area contributed by atoms with Gasteiger partial charge in [0.1, 0.15) is 22.3 Å². The van der Waals surface area contributed by atoms with E-state index in [0.29, 0.717) is 18.0 Å². The average molecular weight is 515 g/mol. The summed E-state index contributed by atoms with van der Waals surface area (Å²) >= 11 is 1.62. The number of ether oxygens (including phenoxy) is 1. The number of fused-ring (bicyclic) bond motifs is 3. The Morgan fingerprint density at radius 1 is 1.03 bits per heavy atom. The van der Waals surface area contributed by atoms with Crippen LogP contribution in [-0.4, -0.2) is 75.3 Å². The molecular weight excluding hydrogens is 484 g/mol. The summed E-state index contributed by atoms with van der Waals surface area (Å²) in [5, 5.41) is 4.38. The van der Waals surface area contributed by atoms with Gasteiger partial charge < -0.3 is 15.0 Å². The zero-order chi connectivity index (χ0) is 24.9. The van der Waals surface area contributed by atoms with Crippen molar-refractivity contribution < 1.29 is 4.74 Å². The molecule has 2 atom stereocenters. The number of aryl methyl sites for hydroxylation is 1. The van der Waals surface area contributed by atoms with E-state index in [1.165, 1.54) is 6.42 Å². The third-order valence-corrected chi connectivity index (χ3v) is 8.90. The molecule has 7 heterocycles. The van der Waals surface area contributed by atoms with E-state index in [-0.39, 0.29) is 0 Å². The van der Waals surface area contributed by atoms with Crippen molar-refractivity contribution in [1.82, 2.24) is 29.8 Å². The van der Waals surface area contributed by atoms with Gasteiger partial charge in [-0.15, -0.1) is 11.3 Å². The normalized spacial score (nSPS) is 22.3. The highest BCUT2D eigenvalue weighted by Crippen LogP contribution is 2.36. The molecule has 4 aromatic rings. The second kappa shape index (κ2) is 9.27. The third kappa shape index (κ3) is 4.32. The van der Waals surface area contributed by atoms with Crippen LogP contribution in [0.25, 0.3) is 20.9 Å². The summed E-state index contributed by atoms with van der Waals surface area (Å²) in [6.45, 7) is 5.68. The molecule has 0 amide bonds. The van der Waals surface area contributed by atoms with Gasteiger partial charge in [-0.25, -0.2) is 15.0 Å². The molecule has 3 aliphatic heterocycles. The molecule has 3 fully saturated rings. The minimum atomic E-state index is 0.386. The minimum Gasteiger partial charge on any atom is -0.381 e. The maximum absolute atomic E-state index is 5.62. The van der Waals surface area contributed by atoms with E-state index >= 15 is 0 Å². The monoisotopic (exact) mass is 514 g/mol. The molecule has 1 N–H and O–H groups in total. The van der Waals surface area contributed by atoms with Gasteiger partial charge in [0.05, 0.1) is 15.9 Å². The highest BCUT2D eigenvalue weighted by atomic mass is 32.1. The molecule has 4 aromatic heterocycles. The van der Waals surface area contributed by atoms with Crippen LogP contribution in [0.4, 0.5) is 17.6 Å². The molecule has 10 heteroatoms. The lowest BCUT2D eigenvalue weighted by Gasteiger charge is -2.32. The maximum Gasteiger partial charge on any atom is 0.227 e. The van der Waals surface area contributed by atoms with Gasteiger partial charge in [0.15, 0.2) is 0 Å². The Hall–Kier alpha value is -3.21. The Kier molecular flexibility index (Phi) is 5.75. The second-order valence-electron chi connectivity index (χ2n) is 10.4. The number of thiazole rings is 1. The summed E-state index contributed by atoms with van der Waals surface area (Å²) in [4.78, 5) is 29.0. The van der Waals surface area contributed by atoms with Gasteiger partial charge in [-0.05, 0) is 44.9 Å². The molecule has 3 aliphatic rings. The van der Waals surface area contributed by atoms with Crippen molar-refractivity contribution in [3.63, 3.8) is 0 Å². The quantitative estimate of drug-likeness (QED) is 0.416. The summed E-state index contributed by atoms with van der Waals surface area (Å²) < 4.78 is 6.65. The number of anilines is 3. The fraction of sp³-hybridized carbons (Fsp3) is 0.444. The van der Waals surface area contributed by atoms with Gasteiger partial charge in [-0.3, -0.25) is 9.88 Å². The number of nitrogens with zero attached hydrogens (tertiary/aromatic N) is 7. The van der Waals surface area contributed by atoms with Crippen LogP contribution in [0, 0.1) is 6.92 Å². The average Bonchev–Trinajstić information content (AvgIpc) is 3.63. The van der Waals surface area contributed by atoms with E-state index in [1.54, 1.807) is 11.3 Å². The smallest absolute Gasteiger partial charge is 0.227 e. The second-order valence-corrected chi connectivity index (χ2v) is 11.4. The van der Waals surface area contributed by atoms with Crippen molar-refractivity contribution in [2.45, 2.75) is 44.2 Å². The molecule has 2 bridgehead atoms.